The van der Waals surface area contributed by atoms with Crippen LogP contribution in [0.25, 0.3) is 0 Å². The van der Waals surface area contributed by atoms with E-state index < -0.39 is 27.9 Å². The zero-order valence-electron chi connectivity index (χ0n) is 18.2. The van der Waals surface area contributed by atoms with E-state index in [0.717, 1.165) is 0 Å². The molecule has 0 saturated carbocycles. The van der Waals surface area contributed by atoms with Gasteiger partial charge in [-0.3, -0.25) is 4.79 Å². The molecule has 0 aliphatic carbocycles. The molecule has 0 bridgehead atoms. The van der Waals surface area contributed by atoms with Crippen LogP contribution in [0.2, 0.25) is 0 Å². The van der Waals surface area contributed by atoms with Crippen LogP contribution in [0.5, 0.6) is 0 Å². The Kier molecular flexibility index (Phi) is 7.64. The number of amides is 1. The maximum Gasteiger partial charge on any atom is 0.329 e. The number of esters is 1. The Labute approximate surface area is 186 Å². The first-order valence-electron chi connectivity index (χ1n) is 10.3. The van der Waals surface area contributed by atoms with Gasteiger partial charge in [0.1, 0.15) is 24.1 Å². The maximum absolute atomic E-state index is 12.9. The minimum absolute atomic E-state index is 0.0112. The minimum Gasteiger partial charge on any atom is -0.458 e. The van der Waals surface area contributed by atoms with Crippen molar-refractivity contribution in [2.75, 3.05) is 26.3 Å². The van der Waals surface area contributed by atoms with Gasteiger partial charge in [-0.1, -0.05) is 25.1 Å². The molecule has 0 spiro atoms. The summed E-state index contributed by atoms with van der Waals surface area (Å²) in [6, 6.07) is 6.47. The molecule has 11 heteroatoms. The highest BCUT2D eigenvalue weighted by atomic mass is 32.2. The minimum atomic E-state index is -3.75. The summed E-state index contributed by atoms with van der Waals surface area (Å²) in [6.07, 6.45) is 0. The van der Waals surface area contributed by atoms with Gasteiger partial charge in [0, 0.05) is 24.7 Å². The molecule has 0 radical (unpaired) electrons. The lowest BCUT2D eigenvalue weighted by Crippen LogP contribution is -2.45. The third-order valence-electron chi connectivity index (χ3n) is 4.95. The van der Waals surface area contributed by atoms with E-state index in [1.54, 1.807) is 26.8 Å². The van der Waals surface area contributed by atoms with Gasteiger partial charge >= 0.3 is 5.97 Å². The fourth-order valence-corrected chi connectivity index (χ4v) is 4.63. The van der Waals surface area contributed by atoms with Crippen molar-refractivity contribution in [2.45, 2.75) is 38.3 Å². The third-order valence-corrected chi connectivity index (χ3v) is 6.84. The second-order valence-electron chi connectivity index (χ2n) is 7.78. The Balaban J connectivity index is 1.70. The van der Waals surface area contributed by atoms with E-state index in [9.17, 15) is 18.0 Å². The van der Waals surface area contributed by atoms with Crippen LogP contribution in [-0.4, -0.2) is 62.1 Å². The van der Waals surface area contributed by atoms with Crippen LogP contribution >= 0.6 is 0 Å². The van der Waals surface area contributed by atoms with Gasteiger partial charge in [-0.15, -0.1) is 0 Å². The fourth-order valence-electron chi connectivity index (χ4n) is 3.18. The van der Waals surface area contributed by atoms with Crippen molar-refractivity contribution in [3.63, 3.8) is 0 Å². The van der Waals surface area contributed by atoms with Gasteiger partial charge in [0.05, 0.1) is 18.1 Å². The van der Waals surface area contributed by atoms with Crippen molar-refractivity contribution in [1.29, 1.82) is 0 Å². The Morgan fingerprint density at radius 3 is 2.56 bits per heavy atom. The molecule has 1 aliphatic rings. The molecule has 3 rings (SSSR count). The number of aromatic nitrogens is 1. The number of nitrogens with zero attached hydrogens (tertiary/aromatic N) is 2. The van der Waals surface area contributed by atoms with E-state index >= 15 is 0 Å². The first kappa shape index (κ1) is 23.9. The highest BCUT2D eigenvalue weighted by Crippen LogP contribution is 2.19. The van der Waals surface area contributed by atoms with Crippen molar-refractivity contribution in [3.05, 3.63) is 47.3 Å². The van der Waals surface area contributed by atoms with Crippen molar-refractivity contribution < 1.29 is 32.0 Å². The Hall–Kier alpha value is -2.76. The van der Waals surface area contributed by atoms with Crippen molar-refractivity contribution >= 4 is 21.9 Å². The van der Waals surface area contributed by atoms with E-state index in [-0.39, 0.29) is 36.1 Å². The number of ether oxygens (including phenoxy) is 2. The number of carbonyl (C=O) groups is 2. The van der Waals surface area contributed by atoms with E-state index in [0.29, 0.717) is 24.7 Å². The average molecular weight is 466 g/mol. The number of sulfonamides is 1. The number of hydrogen-bond acceptors (Lipinski definition) is 8. The van der Waals surface area contributed by atoms with Crippen molar-refractivity contribution in [1.82, 2.24) is 14.8 Å². The van der Waals surface area contributed by atoms with E-state index in [1.165, 1.54) is 28.6 Å². The standard InChI is InChI=1S/C21H27N3O7S/c1-14(2)19(21(26)30-13-17-11-15(3)31-23-17)22-20(25)16-5-4-6-18(12-16)32(27,28)24-7-9-29-10-8-24/h4-6,11-12,14,19H,7-10,13H2,1-3H3,(H,22,25). The summed E-state index contributed by atoms with van der Waals surface area (Å²) in [5.74, 6) is -0.856. The van der Waals surface area contributed by atoms with Gasteiger partial charge < -0.3 is 19.3 Å². The van der Waals surface area contributed by atoms with Gasteiger partial charge in [-0.25, -0.2) is 13.2 Å². The smallest absolute Gasteiger partial charge is 0.329 e. The lowest BCUT2D eigenvalue weighted by Gasteiger charge is -2.26. The lowest BCUT2D eigenvalue weighted by atomic mass is 10.0. The summed E-state index contributed by atoms with van der Waals surface area (Å²) in [7, 11) is -3.75. The molecule has 1 aromatic carbocycles. The Morgan fingerprint density at radius 1 is 1.22 bits per heavy atom. The van der Waals surface area contributed by atoms with Gasteiger partial charge in [0.15, 0.2) is 0 Å². The molecule has 1 amide bonds. The molecule has 2 aromatic rings. The monoisotopic (exact) mass is 465 g/mol. The third kappa shape index (κ3) is 5.72. The van der Waals surface area contributed by atoms with Crippen LogP contribution in [-0.2, 0) is 30.9 Å². The quantitative estimate of drug-likeness (QED) is 0.581. The number of benzene rings is 1. The molecule has 1 aliphatic heterocycles. The molecular formula is C21H27N3O7S. The van der Waals surface area contributed by atoms with Gasteiger partial charge in [0.2, 0.25) is 10.0 Å². The second kappa shape index (κ2) is 10.2. The first-order chi connectivity index (χ1) is 15.2. The normalized spacial score (nSPS) is 16.0. The molecule has 10 nitrogen and oxygen atoms in total. The van der Waals surface area contributed by atoms with Crippen LogP contribution in [0.3, 0.4) is 0 Å². The summed E-state index contributed by atoms with van der Waals surface area (Å²) in [5, 5.41) is 6.41. The zero-order valence-corrected chi connectivity index (χ0v) is 19.1. The lowest BCUT2D eigenvalue weighted by molar-refractivity contribution is -0.148. The van der Waals surface area contributed by atoms with Crippen molar-refractivity contribution in [3.8, 4) is 0 Å². The topological polar surface area (TPSA) is 128 Å². The number of morpholine rings is 1. The SMILES string of the molecule is Cc1cc(COC(=O)C(NC(=O)c2cccc(S(=O)(=O)N3CCOCC3)c2)C(C)C)no1. The van der Waals surface area contributed by atoms with Crippen LogP contribution in [0.4, 0.5) is 0 Å². The Bertz CT molecular complexity index is 1060. The number of nitrogens with one attached hydrogen (secondary N) is 1. The van der Waals surface area contributed by atoms with Crippen LogP contribution in [0.15, 0.2) is 39.8 Å². The molecule has 1 fully saturated rings. The predicted molar refractivity (Wildman–Crippen MR) is 113 cm³/mol. The molecule has 2 heterocycles. The fraction of sp³-hybridized carbons (Fsp3) is 0.476. The average Bonchev–Trinajstić information content (AvgIpc) is 3.21. The zero-order chi connectivity index (χ0) is 23.3. The highest BCUT2D eigenvalue weighted by molar-refractivity contribution is 7.89. The molecule has 1 aromatic heterocycles. The largest absolute Gasteiger partial charge is 0.458 e. The number of carbonyl (C=O) groups excluding carboxylic acids is 2. The van der Waals surface area contributed by atoms with Gasteiger partial charge in [-0.2, -0.15) is 4.31 Å². The van der Waals surface area contributed by atoms with Crippen molar-refractivity contribution in [2.24, 2.45) is 5.92 Å². The van der Waals surface area contributed by atoms with E-state index in [1.807, 2.05) is 0 Å². The number of rotatable bonds is 8. The van der Waals surface area contributed by atoms with Crippen LogP contribution < -0.4 is 5.32 Å². The number of hydrogen-bond donors (Lipinski definition) is 1. The molecule has 1 atom stereocenters. The van der Waals surface area contributed by atoms with Gasteiger partial charge in [-0.05, 0) is 31.0 Å². The molecule has 32 heavy (non-hydrogen) atoms. The van der Waals surface area contributed by atoms with Gasteiger partial charge in [0.25, 0.3) is 5.91 Å². The summed E-state index contributed by atoms with van der Waals surface area (Å²) in [5.41, 5.74) is 0.593. The molecule has 1 saturated heterocycles. The molecular weight excluding hydrogens is 438 g/mol. The Morgan fingerprint density at radius 2 is 1.94 bits per heavy atom. The van der Waals surface area contributed by atoms with E-state index in [2.05, 4.69) is 10.5 Å². The summed E-state index contributed by atoms with van der Waals surface area (Å²) in [6.45, 7) is 6.34. The first-order valence-corrected chi connectivity index (χ1v) is 11.7. The summed E-state index contributed by atoms with van der Waals surface area (Å²) in [4.78, 5) is 25.4. The highest BCUT2D eigenvalue weighted by Gasteiger charge is 2.29. The van der Waals surface area contributed by atoms with Crippen LogP contribution in [0, 0.1) is 12.8 Å². The molecule has 1 unspecified atom stereocenters. The second-order valence-corrected chi connectivity index (χ2v) is 9.71. The molecule has 1 N–H and O–H groups in total. The summed E-state index contributed by atoms with van der Waals surface area (Å²) < 4.78 is 42.5. The van der Waals surface area contributed by atoms with E-state index in [4.69, 9.17) is 14.0 Å². The summed E-state index contributed by atoms with van der Waals surface area (Å²) >= 11 is 0. The predicted octanol–water partition coefficient (Wildman–Crippen LogP) is 1.50. The van der Waals surface area contributed by atoms with Crippen LogP contribution in [0.1, 0.15) is 35.7 Å². The molecule has 174 valence electrons. The maximum atomic E-state index is 12.9. The number of aryl methyl sites for hydroxylation is 1.